The van der Waals surface area contributed by atoms with Gasteiger partial charge in [-0.1, -0.05) is 0 Å². The minimum absolute atomic E-state index is 0.0975. The molecule has 0 saturated carbocycles. The predicted molar refractivity (Wildman–Crippen MR) is 82.9 cm³/mol. The van der Waals surface area contributed by atoms with Crippen molar-refractivity contribution < 1.29 is 13.2 Å². The molecule has 0 aromatic carbocycles. The Kier molecular flexibility index (Phi) is 4.60. The van der Waals surface area contributed by atoms with Gasteiger partial charge in [-0.05, 0) is 25.3 Å². The van der Waals surface area contributed by atoms with Gasteiger partial charge in [0, 0.05) is 37.9 Å². The Morgan fingerprint density at radius 3 is 2.91 bits per heavy atom. The van der Waals surface area contributed by atoms with Crippen molar-refractivity contribution in [3.63, 3.8) is 0 Å². The zero-order valence-corrected chi connectivity index (χ0v) is 13.5. The molecular formula is C14H22N4O3S. The van der Waals surface area contributed by atoms with Crippen molar-refractivity contribution in [2.24, 2.45) is 11.8 Å². The van der Waals surface area contributed by atoms with Crippen LogP contribution >= 0.6 is 0 Å². The van der Waals surface area contributed by atoms with Crippen molar-refractivity contribution >= 4 is 16.0 Å². The lowest BCUT2D eigenvalue weighted by atomic mass is 9.85. The molecule has 0 unspecified atom stereocenters. The summed E-state index contributed by atoms with van der Waals surface area (Å²) >= 11 is 0. The number of nitrogens with zero attached hydrogens (tertiary/aromatic N) is 3. The fraction of sp³-hybridized carbons (Fsp3) is 0.714. The summed E-state index contributed by atoms with van der Waals surface area (Å²) in [6, 6.07) is 1.77. The molecule has 1 aromatic heterocycles. The number of sulfonamides is 1. The second-order valence-electron chi connectivity index (χ2n) is 5.80. The molecular weight excluding hydrogens is 304 g/mol. The van der Waals surface area contributed by atoms with Gasteiger partial charge in [0.15, 0.2) is 0 Å². The third-order valence-electron chi connectivity index (χ3n) is 4.54. The number of rotatable bonds is 5. The molecule has 7 nitrogen and oxygen atoms in total. The summed E-state index contributed by atoms with van der Waals surface area (Å²) in [4.78, 5) is 8.27. The van der Waals surface area contributed by atoms with Crippen molar-refractivity contribution in [3.05, 3.63) is 18.5 Å². The molecule has 2 fully saturated rings. The maximum atomic E-state index is 12.0. The first-order valence-corrected chi connectivity index (χ1v) is 9.31. The zero-order valence-electron chi connectivity index (χ0n) is 12.7. The van der Waals surface area contributed by atoms with Gasteiger partial charge in [-0.2, -0.15) is 0 Å². The molecule has 22 heavy (non-hydrogen) atoms. The number of aromatic nitrogens is 2. The Bertz CT molecular complexity index is 595. The SMILES string of the molecule is CCS(=O)(=O)N1CC[C@@H]2[C@@H](CO[C@@H]2CNc2ncccn2)C1. The van der Waals surface area contributed by atoms with Crippen LogP contribution in [0, 0.1) is 11.8 Å². The first-order valence-electron chi connectivity index (χ1n) is 7.70. The average molecular weight is 326 g/mol. The molecule has 2 saturated heterocycles. The van der Waals surface area contributed by atoms with Gasteiger partial charge < -0.3 is 10.1 Å². The molecule has 0 spiro atoms. The van der Waals surface area contributed by atoms with Crippen molar-refractivity contribution in [2.75, 3.05) is 37.3 Å². The predicted octanol–water partition coefficient (Wildman–Crippen LogP) is 0.575. The van der Waals surface area contributed by atoms with Crippen molar-refractivity contribution in [1.29, 1.82) is 0 Å². The molecule has 0 radical (unpaired) electrons. The quantitative estimate of drug-likeness (QED) is 0.852. The highest BCUT2D eigenvalue weighted by molar-refractivity contribution is 7.89. The maximum Gasteiger partial charge on any atom is 0.222 e. The van der Waals surface area contributed by atoms with Crippen LogP contribution in [-0.2, 0) is 14.8 Å². The molecule has 2 aliphatic heterocycles. The van der Waals surface area contributed by atoms with Gasteiger partial charge in [0.25, 0.3) is 0 Å². The Morgan fingerprint density at radius 1 is 1.41 bits per heavy atom. The van der Waals surface area contributed by atoms with Crippen LogP contribution in [0.1, 0.15) is 13.3 Å². The van der Waals surface area contributed by atoms with Crippen LogP contribution in [0.25, 0.3) is 0 Å². The number of anilines is 1. The Morgan fingerprint density at radius 2 is 2.18 bits per heavy atom. The van der Waals surface area contributed by atoms with Crippen LogP contribution in [-0.4, -0.2) is 60.8 Å². The van der Waals surface area contributed by atoms with Crippen LogP contribution in [0.5, 0.6) is 0 Å². The molecule has 3 heterocycles. The number of hydrogen-bond donors (Lipinski definition) is 1. The van der Waals surface area contributed by atoms with E-state index in [2.05, 4.69) is 15.3 Å². The molecule has 1 aromatic rings. The van der Waals surface area contributed by atoms with E-state index in [1.807, 2.05) is 0 Å². The summed E-state index contributed by atoms with van der Waals surface area (Å²) in [5.41, 5.74) is 0. The molecule has 8 heteroatoms. The Balaban J connectivity index is 1.56. The van der Waals surface area contributed by atoms with Crippen molar-refractivity contribution in [1.82, 2.24) is 14.3 Å². The van der Waals surface area contributed by atoms with Crippen LogP contribution in [0.2, 0.25) is 0 Å². The van der Waals surface area contributed by atoms with E-state index < -0.39 is 10.0 Å². The third kappa shape index (κ3) is 3.23. The Labute approximate surface area is 131 Å². The number of hydrogen-bond acceptors (Lipinski definition) is 6. The lowest BCUT2D eigenvalue weighted by Crippen LogP contribution is -2.45. The van der Waals surface area contributed by atoms with Gasteiger partial charge in [0.1, 0.15) is 0 Å². The number of fused-ring (bicyclic) bond motifs is 1. The first kappa shape index (κ1) is 15.6. The summed E-state index contributed by atoms with van der Waals surface area (Å²) in [6.45, 7) is 4.16. The number of ether oxygens (including phenoxy) is 1. The largest absolute Gasteiger partial charge is 0.376 e. The second kappa shape index (κ2) is 6.47. The zero-order chi connectivity index (χ0) is 15.6. The minimum Gasteiger partial charge on any atom is -0.376 e. The molecule has 0 aliphatic carbocycles. The fourth-order valence-corrected chi connectivity index (χ4v) is 4.45. The van der Waals surface area contributed by atoms with E-state index in [0.717, 1.165) is 6.42 Å². The number of piperidine rings is 1. The monoisotopic (exact) mass is 326 g/mol. The molecule has 3 rings (SSSR count). The molecule has 2 aliphatic rings. The maximum absolute atomic E-state index is 12.0. The molecule has 3 atom stereocenters. The number of nitrogens with one attached hydrogen (secondary N) is 1. The summed E-state index contributed by atoms with van der Waals surface area (Å²) < 4.78 is 31.5. The third-order valence-corrected chi connectivity index (χ3v) is 6.39. The van der Waals surface area contributed by atoms with Crippen molar-refractivity contribution in [2.45, 2.75) is 19.4 Å². The summed E-state index contributed by atoms with van der Waals surface area (Å²) in [5, 5.41) is 3.19. The van der Waals surface area contributed by atoms with Crippen LogP contribution in [0.3, 0.4) is 0 Å². The fourth-order valence-electron chi connectivity index (χ4n) is 3.28. The van der Waals surface area contributed by atoms with E-state index in [-0.39, 0.29) is 11.9 Å². The highest BCUT2D eigenvalue weighted by Gasteiger charge is 2.42. The summed E-state index contributed by atoms with van der Waals surface area (Å²) in [7, 11) is -3.09. The van der Waals surface area contributed by atoms with Crippen LogP contribution < -0.4 is 5.32 Å². The second-order valence-corrected chi connectivity index (χ2v) is 8.05. The molecule has 0 amide bonds. The smallest absolute Gasteiger partial charge is 0.222 e. The van der Waals surface area contributed by atoms with Crippen LogP contribution in [0.15, 0.2) is 18.5 Å². The standard InChI is InChI=1S/C14H22N4O3S/c1-2-22(19,20)18-7-4-12-11(9-18)10-21-13(12)8-17-14-15-5-3-6-16-14/h3,5-6,11-13H,2,4,7-10H2,1H3,(H,15,16,17)/t11-,12-,13-/m1/s1. The van der Waals surface area contributed by atoms with Gasteiger partial charge in [-0.15, -0.1) is 0 Å². The Hall–Kier alpha value is -1.25. The van der Waals surface area contributed by atoms with E-state index in [4.69, 9.17) is 4.74 Å². The minimum atomic E-state index is -3.09. The average Bonchev–Trinajstić information content (AvgIpc) is 2.96. The van der Waals surface area contributed by atoms with E-state index in [1.54, 1.807) is 29.7 Å². The van der Waals surface area contributed by atoms with Gasteiger partial charge in [0.05, 0.1) is 18.5 Å². The van der Waals surface area contributed by atoms with Gasteiger partial charge in [-0.3, -0.25) is 0 Å². The summed E-state index contributed by atoms with van der Waals surface area (Å²) in [5.74, 6) is 1.46. The van der Waals surface area contributed by atoms with Gasteiger partial charge in [-0.25, -0.2) is 22.7 Å². The van der Waals surface area contributed by atoms with E-state index >= 15 is 0 Å². The topological polar surface area (TPSA) is 84.4 Å². The highest BCUT2D eigenvalue weighted by atomic mass is 32.2. The lowest BCUT2D eigenvalue weighted by molar-refractivity contribution is 0.0981. The molecule has 122 valence electrons. The van der Waals surface area contributed by atoms with Gasteiger partial charge >= 0.3 is 0 Å². The van der Waals surface area contributed by atoms with Gasteiger partial charge in [0.2, 0.25) is 16.0 Å². The molecule has 1 N–H and O–H groups in total. The van der Waals surface area contributed by atoms with Crippen molar-refractivity contribution in [3.8, 4) is 0 Å². The van der Waals surface area contributed by atoms with E-state index in [9.17, 15) is 8.42 Å². The lowest BCUT2D eigenvalue weighted by Gasteiger charge is -2.34. The summed E-state index contributed by atoms with van der Waals surface area (Å²) in [6.07, 6.45) is 4.34. The highest BCUT2D eigenvalue weighted by Crippen LogP contribution is 2.35. The van der Waals surface area contributed by atoms with E-state index in [1.165, 1.54) is 0 Å². The first-order chi connectivity index (χ1) is 10.6. The van der Waals surface area contributed by atoms with Crippen LogP contribution in [0.4, 0.5) is 5.95 Å². The van der Waals surface area contributed by atoms with E-state index in [0.29, 0.717) is 44.0 Å². The normalized spacial score (nSPS) is 29.2. The molecule has 0 bridgehead atoms.